The van der Waals surface area contributed by atoms with Crippen molar-refractivity contribution in [2.24, 2.45) is 0 Å². The fraction of sp³-hybridized carbons (Fsp3) is 0.174. The first-order valence-corrected chi connectivity index (χ1v) is 11.0. The average Bonchev–Trinajstić information content (AvgIpc) is 3.10. The Morgan fingerprint density at radius 1 is 1.18 bits per heavy atom. The number of thiazole rings is 1. The highest BCUT2D eigenvalue weighted by molar-refractivity contribution is 7.07. The SMILES string of the molecule is N#C/C(C(=O)N1CCOCC1)=c1/s/c(=C/c2cccc(Cl)c2)c(=O)n1-c1ccc(F)cc1F. The Labute approximate surface area is 195 Å². The van der Waals surface area contributed by atoms with Gasteiger partial charge in [0.25, 0.3) is 11.5 Å². The van der Waals surface area contributed by atoms with Gasteiger partial charge in [-0.3, -0.25) is 14.2 Å². The summed E-state index contributed by atoms with van der Waals surface area (Å²) in [6.45, 7) is 1.21. The molecule has 0 unspecified atom stereocenters. The van der Waals surface area contributed by atoms with Crippen LogP contribution in [0.4, 0.5) is 8.78 Å². The summed E-state index contributed by atoms with van der Waals surface area (Å²) in [5.74, 6) is -2.41. The molecule has 3 aromatic rings. The van der Waals surface area contributed by atoms with Crippen LogP contribution in [0.3, 0.4) is 0 Å². The van der Waals surface area contributed by atoms with E-state index < -0.39 is 23.1 Å². The van der Waals surface area contributed by atoms with Crippen molar-refractivity contribution in [2.75, 3.05) is 26.3 Å². The van der Waals surface area contributed by atoms with E-state index in [1.807, 2.05) is 6.07 Å². The number of nitrogens with zero attached hydrogens (tertiary/aromatic N) is 3. The lowest BCUT2D eigenvalue weighted by atomic mass is 10.2. The molecule has 0 aliphatic carbocycles. The Morgan fingerprint density at radius 3 is 2.61 bits per heavy atom. The van der Waals surface area contributed by atoms with Gasteiger partial charge in [-0.1, -0.05) is 23.7 Å². The average molecular weight is 488 g/mol. The van der Waals surface area contributed by atoms with Gasteiger partial charge in [0, 0.05) is 24.2 Å². The number of nitriles is 1. The second-order valence-electron chi connectivity index (χ2n) is 7.10. The number of hydrogen-bond acceptors (Lipinski definition) is 5. The molecule has 0 radical (unpaired) electrons. The summed E-state index contributed by atoms with van der Waals surface area (Å²) in [6, 6.07) is 11.3. The van der Waals surface area contributed by atoms with Crippen LogP contribution >= 0.6 is 22.9 Å². The number of carbonyl (C=O) groups is 1. The Hall–Kier alpha value is -3.32. The van der Waals surface area contributed by atoms with E-state index in [1.54, 1.807) is 24.3 Å². The molecule has 0 spiro atoms. The molecule has 168 valence electrons. The van der Waals surface area contributed by atoms with Crippen molar-refractivity contribution in [3.8, 4) is 11.8 Å². The minimum absolute atomic E-state index is 0.0437. The zero-order valence-corrected chi connectivity index (χ0v) is 18.6. The Kier molecular flexibility index (Phi) is 6.70. The Morgan fingerprint density at radius 2 is 1.94 bits per heavy atom. The quantitative estimate of drug-likeness (QED) is 0.567. The van der Waals surface area contributed by atoms with Crippen molar-refractivity contribution >= 4 is 40.5 Å². The Bertz CT molecular complexity index is 1450. The normalized spacial score (nSPS) is 15.3. The van der Waals surface area contributed by atoms with Crippen molar-refractivity contribution < 1.29 is 18.3 Å². The molecule has 0 saturated carbocycles. The second-order valence-corrected chi connectivity index (χ2v) is 8.57. The summed E-state index contributed by atoms with van der Waals surface area (Å²) < 4.78 is 34.5. The molecule has 4 rings (SSSR count). The molecule has 0 N–H and O–H groups in total. The molecule has 1 fully saturated rings. The summed E-state index contributed by atoms with van der Waals surface area (Å²) >= 11 is 6.90. The minimum atomic E-state index is -0.999. The van der Waals surface area contributed by atoms with Crippen molar-refractivity contribution in [1.29, 1.82) is 5.26 Å². The monoisotopic (exact) mass is 487 g/mol. The van der Waals surface area contributed by atoms with Gasteiger partial charge in [-0.15, -0.1) is 11.3 Å². The van der Waals surface area contributed by atoms with Crippen LogP contribution in [0, 0.1) is 23.0 Å². The molecule has 1 amide bonds. The molecule has 0 atom stereocenters. The number of rotatable bonds is 3. The van der Waals surface area contributed by atoms with E-state index in [0.717, 1.165) is 28.0 Å². The van der Waals surface area contributed by atoms with Gasteiger partial charge < -0.3 is 9.64 Å². The van der Waals surface area contributed by atoms with Crippen molar-refractivity contribution in [3.05, 3.63) is 84.2 Å². The molecule has 6 nitrogen and oxygen atoms in total. The van der Waals surface area contributed by atoms with Gasteiger partial charge >= 0.3 is 0 Å². The predicted molar refractivity (Wildman–Crippen MR) is 121 cm³/mol. The number of benzene rings is 2. The van der Waals surface area contributed by atoms with E-state index in [-0.39, 0.29) is 33.5 Å². The molecule has 10 heteroatoms. The van der Waals surface area contributed by atoms with Crippen molar-refractivity contribution in [1.82, 2.24) is 9.47 Å². The lowest BCUT2D eigenvalue weighted by Gasteiger charge is -2.26. The highest BCUT2D eigenvalue weighted by Crippen LogP contribution is 2.14. The van der Waals surface area contributed by atoms with Crippen molar-refractivity contribution in [3.63, 3.8) is 0 Å². The third-order valence-corrected chi connectivity index (χ3v) is 6.29. The van der Waals surface area contributed by atoms with Crippen LogP contribution in [-0.2, 0) is 9.53 Å². The number of halogens is 3. The van der Waals surface area contributed by atoms with Gasteiger partial charge in [0.05, 0.1) is 23.4 Å². The minimum Gasteiger partial charge on any atom is -0.378 e. The number of aromatic nitrogens is 1. The highest BCUT2D eigenvalue weighted by Gasteiger charge is 2.24. The topological polar surface area (TPSA) is 75.3 Å². The van der Waals surface area contributed by atoms with Gasteiger partial charge in [-0.05, 0) is 35.9 Å². The molecular weight excluding hydrogens is 472 g/mol. The van der Waals surface area contributed by atoms with Gasteiger partial charge in [-0.2, -0.15) is 5.26 Å². The van der Waals surface area contributed by atoms with Crippen LogP contribution in [0.15, 0.2) is 47.3 Å². The van der Waals surface area contributed by atoms with E-state index in [0.29, 0.717) is 29.9 Å². The van der Waals surface area contributed by atoms with E-state index in [4.69, 9.17) is 16.3 Å². The molecule has 1 saturated heterocycles. The highest BCUT2D eigenvalue weighted by atomic mass is 35.5. The summed E-state index contributed by atoms with van der Waals surface area (Å²) in [6.07, 6.45) is 1.54. The zero-order chi connectivity index (χ0) is 23.5. The van der Waals surface area contributed by atoms with Crippen LogP contribution in [0.5, 0.6) is 0 Å². The summed E-state index contributed by atoms with van der Waals surface area (Å²) in [5.41, 5.74) is -0.616. The van der Waals surface area contributed by atoms with Crippen LogP contribution in [0.2, 0.25) is 5.02 Å². The van der Waals surface area contributed by atoms with E-state index in [1.165, 1.54) is 11.0 Å². The molecular formula is C23H16ClF2N3O3S. The van der Waals surface area contributed by atoms with Gasteiger partial charge in [0.1, 0.15) is 22.4 Å². The van der Waals surface area contributed by atoms with Crippen LogP contribution in [0.1, 0.15) is 5.56 Å². The molecule has 1 aromatic heterocycles. The summed E-state index contributed by atoms with van der Waals surface area (Å²) in [7, 11) is 0. The maximum atomic E-state index is 14.7. The van der Waals surface area contributed by atoms with Crippen LogP contribution < -0.4 is 14.8 Å². The zero-order valence-electron chi connectivity index (χ0n) is 17.1. The summed E-state index contributed by atoms with van der Waals surface area (Å²) in [4.78, 5) is 27.9. The van der Waals surface area contributed by atoms with Gasteiger partial charge in [0.2, 0.25) is 0 Å². The fourth-order valence-corrected chi connectivity index (χ4v) is 4.68. The smallest absolute Gasteiger partial charge is 0.273 e. The molecule has 2 heterocycles. The lowest BCUT2D eigenvalue weighted by molar-refractivity contribution is -0.128. The standard InChI is InChI=1S/C23H16ClF2N3O3S/c24-15-3-1-2-14(10-15)11-20-22(31)29(19-5-4-16(25)12-18(19)26)23(33-20)17(13-27)21(30)28-6-8-32-9-7-28/h1-5,10-12H,6-9H2/b20-11+,23-17-. The number of ether oxygens (including phenoxy) is 1. The first-order chi connectivity index (χ1) is 15.9. The maximum absolute atomic E-state index is 14.7. The van der Waals surface area contributed by atoms with E-state index in [2.05, 4.69) is 0 Å². The molecule has 1 aliphatic heterocycles. The van der Waals surface area contributed by atoms with Crippen LogP contribution in [-0.4, -0.2) is 41.7 Å². The predicted octanol–water partition coefficient (Wildman–Crippen LogP) is 2.19. The maximum Gasteiger partial charge on any atom is 0.273 e. The van der Waals surface area contributed by atoms with Gasteiger partial charge in [0.15, 0.2) is 5.57 Å². The number of hydrogen-bond donors (Lipinski definition) is 0. The number of morpholine rings is 1. The second kappa shape index (κ2) is 9.67. The summed E-state index contributed by atoms with van der Waals surface area (Å²) in [5, 5.41) is 10.3. The third-order valence-electron chi connectivity index (χ3n) is 4.96. The molecule has 0 bridgehead atoms. The van der Waals surface area contributed by atoms with Gasteiger partial charge in [-0.25, -0.2) is 8.78 Å². The molecule has 33 heavy (non-hydrogen) atoms. The molecule has 1 aliphatic rings. The van der Waals surface area contributed by atoms with E-state index >= 15 is 0 Å². The number of amides is 1. The lowest BCUT2D eigenvalue weighted by Crippen LogP contribution is -2.42. The first-order valence-electron chi connectivity index (χ1n) is 9.85. The Balaban J connectivity index is 2.03. The molecule has 2 aromatic carbocycles. The number of carbonyl (C=O) groups excluding carboxylic acids is 1. The first kappa shape index (κ1) is 22.9. The third kappa shape index (κ3) is 4.73. The van der Waals surface area contributed by atoms with Crippen molar-refractivity contribution in [2.45, 2.75) is 0 Å². The largest absolute Gasteiger partial charge is 0.378 e. The van der Waals surface area contributed by atoms with E-state index in [9.17, 15) is 23.6 Å². The fourth-order valence-electron chi connectivity index (χ4n) is 3.39. The van der Waals surface area contributed by atoms with Crippen LogP contribution in [0.25, 0.3) is 17.3 Å².